The Kier molecular flexibility index (Phi) is 5.70. The first kappa shape index (κ1) is 19.2. The summed E-state index contributed by atoms with van der Waals surface area (Å²) >= 11 is 0. The normalized spacial score (nSPS) is 15.6. The van der Waals surface area contributed by atoms with Crippen LogP contribution >= 0.6 is 0 Å². The molecule has 1 heterocycles. The zero-order valence-electron chi connectivity index (χ0n) is 14.9. The van der Waals surface area contributed by atoms with E-state index in [-0.39, 0.29) is 11.7 Å². The van der Waals surface area contributed by atoms with E-state index in [9.17, 15) is 18.0 Å². The molecule has 0 aromatic heterocycles. The lowest BCUT2D eigenvalue weighted by Gasteiger charge is -2.31. The molecule has 1 aliphatic heterocycles. The van der Waals surface area contributed by atoms with Gasteiger partial charge in [0, 0.05) is 24.7 Å². The van der Waals surface area contributed by atoms with Crippen LogP contribution in [0.5, 0.6) is 11.5 Å². The van der Waals surface area contributed by atoms with E-state index < -0.39 is 11.7 Å². The summed E-state index contributed by atoms with van der Waals surface area (Å²) in [7, 11) is 1.91. The van der Waals surface area contributed by atoms with Crippen LogP contribution in [-0.2, 0) is 6.18 Å². The summed E-state index contributed by atoms with van der Waals surface area (Å²) in [4.78, 5) is 14.5. The average molecular weight is 378 g/mol. The Morgan fingerprint density at radius 1 is 1.07 bits per heavy atom. The topological polar surface area (TPSA) is 41.6 Å². The minimum Gasteiger partial charge on any atom is -0.457 e. The van der Waals surface area contributed by atoms with Gasteiger partial charge in [-0.15, -0.1) is 0 Å². The lowest BCUT2D eigenvalue weighted by atomic mass is 10.0. The molecule has 1 fully saturated rings. The van der Waals surface area contributed by atoms with Gasteiger partial charge in [-0.25, -0.2) is 0 Å². The summed E-state index contributed by atoms with van der Waals surface area (Å²) in [5.41, 5.74) is -0.318. The van der Waals surface area contributed by atoms with Crippen LogP contribution in [0.15, 0.2) is 48.5 Å². The highest BCUT2D eigenvalue weighted by molar-refractivity contribution is 5.94. The van der Waals surface area contributed by atoms with Crippen molar-refractivity contribution < 1.29 is 22.7 Å². The van der Waals surface area contributed by atoms with Crippen molar-refractivity contribution in [1.82, 2.24) is 10.2 Å². The number of benzene rings is 2. The number of carbonyl (C=O) groups excluding carboxylic acids is 1. The highest BCUT2D eigenvalue weighted by Gasteiger charge is 2.30. The standard InChI is InChI=1S/C20H21F3N2O2/c1-24-16-8-10-25(11-9-16)19(26)14-4-2-6-17(12-14)27-18-7-3-5-15(13-18)20(21,22)23/h2-7,12-13,16,24H,8-11H2,1H3. The molecule has 0 aliphatic carbocycles. The Balaban J connectivity index is 1.72. The molecule has 144 valence electrons. The molecule has 1 aliphatic rings. The van der Waals surface area contributed by atoms with Crippen molar-refractivity contribution >= 4 is 5.91 Å². The van der Waals surface area contributed by atoms with Crippen molar-refractivity contribution in [3.8, 4) is 11.5 Å². The number of rotatable bonds is 4. The first-order chi connectivity index (χ1) is 12.9. The van der Waals surface area contributed by atoms with Crippen molar-refractivity contribution in [3.63, 3.8) is 0 Å². The third-order valence-electron chi connectivity index (χ3n) is 4.67. The molecule has 2 aromatic rings. The number of nitrogens with zero attached hydrogens (tertiary/aromatic N) is 1. The maximum atomic E-state index is 12.8. The molecule has 0 bridgehead atoms. The molecule has 4 nitrogen and oxygen atoms in total. The summed E-state index contributed by atoms with van der Waals surface area (Å²) < 4.78 is 44.0. The molecule has 0 spiro atoms. The maximum Gasteiger partial charge on any atom is 0.416 e. The van der Waals surface area contributed by atoms with Crippen LogP contribution in [0.25, 0.3) is 0 Å². The van der Waals surface area contributed by atoms with Crippen LogP contribution in [0.1, 0.15) is 28.8 Å². The molecule has 0 radical (unpaired) electrons. The van der Waals surface area contributed by atoms with Crippen molar-refractivity contribution in [1.29, 1.82) is 0 Å². The third kappa shape index (κ3) is 4.80. The largest absolute Gasteiger partial charge is 0.457 e. The van der Waals surface area contributed by atoms with Crippen LogP contribution in [0.2, 0.25) is 0 Å². The predicted molar refractivity (Wildman–Crippen MR) is 95.9 cm³/mol. The number of likely N-dealkylation sites (tertiary alicyclic amines) is 1. The fourth-order valence-corrected chi connectivity index (χ4v) is 3.12. The molecule has 0 saturated carbocycles. The highest BCUT2D eigenvalue weighted by atomic mass is 19.4. The van der Waals surface area contributed by atoms with Gasteiger partial charge < -0.3 is 15.0 Å². The fraction of sp³-hybridized carbons (Fsp3) is 0.350. The van der Waals surface area contributed by atoms with Crippen LogP contribution < -0.4 is 10.1 Å². The molecule has 27 heavy (non-hydrogen) atoms. The van der Waals surface area contributed by atoms with Crippen LogP contribution in [0, 0.1) is 0 Å². The highest BCUT2D eigenvalue weighted by Crippen LogP contribution is 2.32. The second-order valence-electron chi connectivity index (χ2n) is 6.51. The maximum absolute atomic E-state index is 12.8. The second-order valence-corrected chi connectivity index (χ2v) is 6.51. The Hall–Kier alpha value is -2.54. The number of ether oxygens (including phenoxy) is 1. The summed E-state index contributed by atoms with van der Waals surface area (Å²) in [6, 6.07) is 11.6. The van der Waals surface area contributed by atoms with Gasteiger partial charge in [0.25, 0.3) is 5.91 Å². The fourth-order valence-electron chi connectivity index (χ4n) is 3.12. The molecule has 2 aromatic carbocycles. The van der Waals surface area contributed by atoms with Crippen LogP contribution in [0.4, 0.5) is 13.2 Å². The van der Waals surface area contributed by atoms with E-state index in [4.69, 9.17) is 4.74 Å². The molecule has 1 amide bonds. The molecular weight excluding hydrogens is 357 g/mol. The van der Waals surface area contributed by atoms with Gasteiger partial charge in [0.1, 0.15) is 11.5 Å². The van der Waals surface area contributed by atoms with Crippen molar-refractivity contribution in [2.45, 2.75) is 25.1 Å². The number of alkyl halides is 3. The van der Waals surface area contributed by atoms with E-state index >= 15 is 0 Å². The number of piperidine rings is 1. The number of hydrogen-bond donors (Lipinski definition) is 1. The number of amides is 1. The number of hydrogen-bond acceptors (Lipinski definition) is 3. The van der Waals surface area contributed by atoms with E-state index in [1.54, 1.807) is 29.2 Å². The van der Waals surface area contributed by atoms with Gasteiger partial charge >= 0.3 is 6.18 Å². The monoisotopic (exact) mass is 378 g/mol. The Morgan fingerprint density at radius 2 is 1.70 bits per heavy atom. The molecule has 3 rings (SSSR count). The third-order valence-corrected chi connectivity index (χ3v) is 4.67. The van der Waals surface area contributed by atoms with Crippen molar-refractivity contribution in [2.75, 3.05) is 20.1 Å². The number of halogens is 3. The zero-order chi connectivity index (χ0) is 19.4. The first-order valence-corrected chi connectivity index (χ1v) is 8.78. The summed E-state index contributed by atoms with van der Waals surface area (Å²) in [5, 5.41) is 3.22. The molecule has 0 unspecified atom stereocenters. The summed E-state index contributed by atoms with van der Waals surface area (Å²) in [6.45, 7) is 1.34. The van der Waals surface area contributed by atoms with Crippen molar-refractivity contribution in [3.05, 3.63) is 59.7 Å². The number of nitrogens with one attached hydrogen (secondary N) is 1. The van der Waals surface area contributed by atoms with Crippen LogP contribution in [-0.4, -0.2) is 37.0 Å². The quantitative estimate of drug-likeness (QED) is 0.862. The lowest BCUT2D eigenvalue weighted by molar-refractivity contribution is -0.137. The molecule has 1 saturated heterocycles. The Labute approximate surface area is 155 Å². The smallest absolute Gasteiger partial charge is 0.416 e. The van der Waals surface area contributed by atoms with Gasteiger partial charge in [0.05, 0.1) is 5.56 Å². The first-order valence-electron chi connectivity index (χ1n) is 8.78. The minimum absolute atomic E-state index is 0.0734. The average Bonchev–Trinajstić information content (AvgIpc) is 2.67. The molecule has 1 N–H and O–H groups in total. The summed E-state index contributed by atoms with van der Waals surface area (Å²) in [5.74, 6) is 0.300. The molecule has 7 heteroatoms. The van der Waals surface area contributed by atoms with Crippen molar-refractivity contribution in [2.24, 2.45) is 0 Å². The molecule has 0 atom stereocenters. The van der Waals surface area contributed by atoms with E-state index in [0.717, 1.165) is 25.0 Å². The van der Waals surface area contributed by atoms with Gasteiger partial charge in [-0.05, 0) is 56.3 Å². The van der Waals surface area contributed by atoms with Gasteiger partial charge in [0.2, 0.25) is 0 Å². The van der Waals surface area contributed by atoms with E-state index in [0.29, 0.717) is 30.4 Å². The number of carbonyl (C=O) groups is 1. The SMILES string of the molecule is CNC1CCN(C(=O)c2cccc(Oc3cccc(C(F)(F)F)c3)c2)CC1. The van der Waals surface area contributed by atoms with Gasteiger partial charge in [0.15, 0.2) is 0 Å². The minimum atomic E-state index is -4.43. The van der Waals surface area contributed by atoms with E-state index in [1.165, 1.54) is 12.1 Å². The summed E-state index contributed by atoms with van der Waals surface area (Å²) in [6.07, 6.45) is -2.65. The van der Waals surface area contributed by atoms with Gasteiger partial charge in [-0.3, -0.25) is 4.79 Å². The van der Waals surface area contributed by atoms with E-state index in [1.807, 2.05) is 7.05 Å². The second kappa shape index (κ2) is 8.00. The van der Waals surface area contributed by atoms with E-state index in [2.05, 4.69) is 5.32 Å². The van der Waals surface area contributed by atoms with Crippen LogP contribution in [0.3, 0.4) is 0 Å². The molecular formula is C20H21F3N2O2. The van der Waals surface area contributed by atoms with Gasteiger partial charge in [-0.1, -0.05) is 12.1 Å². The lowest BCUT2D eigenvalue weighted by Crippen LogP contribution is -2.43. The predicted octanol–water partition coefficient (Wildman–Crippen LogP) is 4.32. The zero-order valence-corrected chi connectivity index (χ0v) is 14.9. The van der Waals surface area contributed by atoms with Gasteiger partial charge in [-0.2, -0.15) is 13.2 Å². The Morgan fingerprint density at radius 3 is 2.33 bits per heavy atom. The Bertz CT molecular complexity index is 800.